The van der Waals surface area contributed by atoms with Crippen LogP contribution in [0.2, 0.25) is 0 Å². The lowest BCUT2D eigenvalue weighted by atomic mass is 10.1. The Kier molecular flexibility index (Phi) is 4.80. The molecular weight excluding hydrogens is 192 g/mol. The van der Waals surface area contributed by atoms with Crippen molar-refractivity contribution in [1.82, 2.24) is 5.32 Å². The van der Waals surface area contributed by atoms with Gasteiger partial charge in [0, 0.05) is 20.2 Å². The van der Waals surface area contributed by atoms with Crippen molar-refractivity contribution in [3.05, 3.63) is 35.4 Å². The van der Waals surface area contributed by atoms with E-state index in [1.807, 2.05) is 24.3 Å². The van der Waals surface area contributed by atoms with Crippen LogP contribution in [0.1, 0.15) is 11.1 Å². The first-order chi connectivity index (χ1) is 7.26. The van der Waals surface area contributed by atoms with Gasteiger partial charge in [-0.3, -0.25) is 4.79 Å². The maximum absolute atomic E-state index is 11.1. The number of hydrogen-bond donors (Lipinski definition) is 2. The van der Waals surface area contributed by atoms with E-state index in [0.717, 1.165) is 11.1 Å². The zero-order valence-electron chi connectivity index (χ0n) is 8.82. The summed E-state index contributed by atoms with van der Waals surface area (Å²) >= 11 is 0. The van der Waals surface area contributed by atoms with E-state index in [1.165, 1.54) is 7.11 Å². The minimum absolute atomic E-state index is 0.0981. The third-order valence-electron chi connectivity index (χ3n) is 2.02. The van der Waals surface area contributed by atoms with E-state index >= 15 is 0 Å². The predicted molar refractivity (Wildman–Crippen MR) is 58.1 cm³/mol. The molecule has 0 bridgehead atoms. The van der Waals surface area contributed by atoms with Crippen LogP contribution in [0.25, 0.3) is 0 Å². The predicted octanol–water partition coefficient (Wildman–Crippen LogP) is 0.408. The number of methoxy groups -OCH3 is 1. The molecule has 4 heteroatoms. The second-order valence-corrected chi connectivity index (χ2v) is 3.23. The lowest BCUT2D eigenvalue weighted by molar-refractivity contribution is -0.124. The Morgan fingerprint density at radius 3 is 2.47 bits per heavy atom. The molecule has 1 aromatic rings. The number of rotatable bonds is 5. The number of carbonyl (C=O) groups excluding carboxylic acids is 1. The van der Waals surface area contributed by atoms with Crippen molar-refractivity contribution >= 4 is 5.91 Å². The van der Waals surface area contributed by atoms with Gasteiger partial charge in [-0.15, -0.1) is 0 Å². The number of carbonyl (C=O) groups is 1. The van der Waals surface area contributed by atoms with Crippen LogP contribution < -0.4 is 11.1 Å². The van der Waals surface area contributed by atoms with Crippen molar-refractivity contribution in [3.63, 3.8) is 0 Å². The molecule has 3 N–H and O–H groups in total. The van der Waals surface area contributed by atoms with E-state index < -0.39 is 0 Å². The van der Waals surface area contributed by atoms with Gasteiger partial charge in [-0.1, -0.05) is 24.3 Å². The highest BCUT2D eigenvalue weighted by Crippen LogP contribution is 2.03. The van der Waals surface area contributed by atoms with Crippen molar-refractivity contribution in [2.24, 2.45) is 5.73 Å². The van der Waals surface area contributed by atoms with E-state index in [0.29, 0.717) is 13.1 Å². The quantitative estimate of drug-likeness (QED) is 0.736. The molecule has 1 rings (SSSR count). The van der Waals surface area contributed by atoms with Crippen LogP contribution >= 0.6 is 0 Å². The zero-order chi connectivity index (χ0) is 11.1. The minimum atomic E-state index is -0.111. The van der Waals surface area contributed by atoms with Gasteiger partial charge in [0.2, 0.25) is 5.91 Å². The molecule has 82 valence electrons. The Labute approximate surface area is 89.4 Å². The molecule has 0 heterocycles. The lowest BCUT2D eigenvalue weighted by Crippen LogP contribution is -2.26. The van der Waals surface area contributed by atoms with Crippen LogP contribution in [0.4, 0.5) is 0 Å². The van der Waals surface area contributed by atoms with Crippen LogP contribution in [0.3, 0.4) is 0 Å². The van der Waals surface area contributed by atoms with Crippen molar-refractivity contribution in [2.45, 2.75) is 13.1 Å². The molecule has 4 nitrogen and oxygen atoms in total. The molecule has 0 spiro atoms. The van der Waals surface area contributed by atoms with E-state index in [9.17, 15) is 4.79 Å². The molecular formula is C11H16N2O2. The van der Waals surface area contributed by atoms with E-state index in [-0.39, 0.29) is 12.5 Å². The summed E-state index contributed by atoms with van der Waals surface area (Å²) in [6, 6.07) is 7.82. The molecule has 1 amide bonds. The van der Waals surface area contributed by atoms with Crippen LogP contribution in [0.5, 0.6) is 0 Å². The van der Waals surface area contributed by atoms with E-state index in [4.69, 9.17) is 10.5 Å². The first kappa shape index (κ1) is 11.7. The molecule has 0 aromatic heterocycles. The summed E-state index contributed by atoms with van der Waals surface area (Å²) < 4.78 is 4.70. The highest BCUT2D eigenvalue weighted by molar-refractivity contribution is 5.77. The van der Waals surface area contributed by atoms with Crippen LogP contribution in [0.15, 0.2) is 24.3 Å². The molecule has 15 heavy (non-hydrogen) atoms. The maximum Gasteiger partial charge on any atom is 0.246 e. The van der Waals surface area contributed by atoms with Crippen molar-refractivity contribution in [3.8, 4) is 0 Å². The fourth-order valence-corrected chi connectivity index (χ4v) is 1.18. The first-order valence-electron chi connectivity index (χ1n) is 4.79. The zero-order valence-corrected chi connectivity index (χ0v) is 8.82. The molecule has 0 radical (unpaired) electrons. The molecule has 1 aromatic carbocycles. The van der Waals surface area contributed by atoms with E-state index in [1.54, 1.807) is 0 Å². The molecule has 0 saturated carbocycles. The van der Waals surface area contributed by atoms with Gasteiger partial charge in [-0.05, 0) is 11.1 Å². The summed E-state index contributed by atoms with van der Waals surface area (Å²) in [5.74, 6) is -0.111. The standard InChI is InChI=1S/C11H16N2O2/c1-15-8-11(14)13-7-10-4-2-9(6-12)3-5-10/h2-5H,6-8,12H2,1H3,(H,13,14). The van der Waals surface area contributed by atoms with Crippen LogP contribution in [-0.4, -0.2) is 19.6 Å². The minimum Gasteiger partial charge on any atom is -0.375 e. The average Bonchev–Trinajstić information content (AvgIpc) is 2.27. The lowest BCUT2D eigenvalue weighted by Gasteiger charge is -2.05. The Balaban J connectivity index is 2.40. The Morgan fingerprint density at radius 1 is 1.33 bits per heavy atom. The van der Waals surface area contributed by atoms with Crippen molar-refractivity contribution < 1.29 is 9.53 Å². The number of nitrogens with two attached hydrogens (primary N) is 1. The molecule has 0 fully saturated rings. The van der Waals surface area contributed by atoms with Gasteiger partial charge in [0.15, 0.2) is 0 Å². The molecule has 0 atom stereocenters. The highest BCUT2D eigenvalue weighted by atomic mass is 16.5. The summed E-state index contributed by atoms with van der Waals surface area (Å²) in [6.45, 7) is 1.16. The highest BCUT2D eigenvalue weighted by Gasteiger charge is 1.99. The number of nitrogens with one attached hydrogen (secondary N) is 1. The van der Waals surface area contributed by atoms with Gasteiger partial charge >= 0.3 is 0 Å². The normalized spacial score (nSPS) is 10.0. The third kappa shape index (κ3) is 4.10. The molecule has 0 aliphatic heterocycles. The van der Waals surface area contributed by atoms with Crippen LogP contribution in [0, 0.1) is 0 Å². The van der Waals surface area contributed by atoms with Gasteiger partial charge < -0.3 is 15.8 Å². The van der Waals surface area contributed by atoms with Gasteiger partial charge in [0.25, 0.3) is 0 Å². The topological polar surface area (TPSA) is 64.3 Å². The summed E-state index contributed by atoms with van der Waals surface area (Å²) in [7, 11) is 1.50. The summed E-state index contributed by atoms with van der Waals surface area (Å²) in [5.41, 5.74) is 7.61. The van der Waals surface area contributed by atoms with Gasteiger partial charge in [0.1, 0.15) is 6.61 Å². The van der Waals surface area contributed by atoms with Crippen LogP contribution in [-0.2, 0) is 22.6 Å². The SMILES string of the molecule is COCC(=O)NCc1ccc(CN)cc1. The van der Waals surface area contributed by atoms with Crippen molar-refractivity contribution in [2.75, 3.05) is 13.7 Å². The van der Waals surface area contributed by atoms with Gasteiger partial charge in [-0.25, -0.2) is 0 Å². The first-order valence-corrected chi connectivity index (χ1v) is 4.79. The number of hydrogen-bond acceptors (Lipinski definition) is 3. The Hall–Kier alpha value is -1.39. The van der Waals surface area contributed by atoms with Crippen molar-refractivity contribution in [1.29, 1.82) is 0 Å². The fraction of sp³-hybridized carbons (Fsp3) is 0.364. The third-order valence-corrected chi connectivity index (χ3v) is 2.02. The monoisotopic (exact) mass is 208 g/mol. The Morgan fingerprint density at radius 2 is 1.93 bits per heavy atom. The maximum atomic E-state index is 11.1. The molecule has 0 saturated heterocycles. The second-order valence-electron chi connectivity index (χ2n) is 3.23. The summed E-state index contributed by atoms with van der Waals surface area (Å²) in [5, 5.41) is 2.74. The van der Waals surface area contributed by atoms with E-state index in [2.05, 4.69) is 5.32 Å². The average molecular weight is 208 g/mol. The Bertz CT molecular complexity index is 309. The second kappa shape index (κ2) is 6.16. The smallest absolute Gasteiger partial charge is 0.246 e. The molecule has 0 aliphatic rings. The number of benzene rings is 1. The largest absolute Gasteiger partial charge is 0.375 e. The van der Waals surface area contributed by atoms with Gasteiger partial charge in [-0.2, -0.15) is 0 Å². The number of ether oxygens (including phenoxy) is 1. The number of amides is 1. The fourth-order valence-electron chi connectivity index (χ4n) is 1.18. The molecule has 0 aliphatic carbocycles. The molecule has 0 unspecified atom stereocenters. The van der Waals surface area contributed by atoms with Gasteiger partial charge in [0.05, 0.1) is 0 Å². The summed E-state index contributed by atoms with van der Waals surface area (Å²) in [6.07, 6.45) is 0. The summed E-state index contributed by atoms with van der Waals surface area (Å²) in [4.78, 5) is 11.1.